The summed E-state index contributed by atoms with van der Waals surface area (Å²) in [6.45, 7) is 8.43. The largest absolute Gasteiger partial charge is 0.336 e. The van der Waals surface area contributed by atoms with Crippen molar-refractivity contribution in [3.05, 3.63) is 45.9 Å². The number of carbonyl (C=O) groups is 1. The lowest BCUT2D eigenvalue weighted by Crippen LogP contribution is -2.48. The van der Waals surface area contributed by atoms with Crippen LogP contribution in [-0.4, -0.2) is 52.6 Å². The van der Waals surface area contributed by atoms with Gasteiger partial charge in [0.15, 0.2) is 0 Å². The van der Waals surface area contributed by atoms with Gasteiger partial charge in [0, 0.05) is 42.1 Å². The fourth-order valence-electron chi connectivity index (χ4n) is 2.87. The fraction of sp³-hybridized carbons (Fsp3) is 0.444. The standard InChI is InChI=1S/C18H23N3OS2/c1-3-23-16-7-5-4-6-15(16)18(22)21-10-8-20(9-11-21)12-17-19-14(2)13-24-17/h4-7,13H,3,8-12H2,1-2H3. The van der Waals surface area contributed by atoms with Crippen molar-refractivity contribution in [2.75, 3.05) is 31.9 Å². The number of thioether (sulfide) groups is 1. The molecule has 128 valence electrons. The normalized spacial score (nSPS) is 15.7. The number of rotatable bonds is 5. The number of amides is 1. The fourth-order valence-corrected chi connectivity index (χ4v) is 4.48. The van der Waals surface area contributed by atoms with Crippen molar-refractivity contribution in [2.45, 2.75) is 25.3 Å². The molecule has 1 aromatic heterocycles. The Labute approximate surface area is 151 Å². The van der Waals surface area contributed by atoms with Gasteiger partial charge in [-0.05, 0) is 24.8 Å². The van der Waals surface area contributed by atoms with E-state index in [2.05, 4.69) is 22.2 Å². The van der Waals surface area contributed by atoms with Crippen LogP contribution in [0.25, 0.3) is 0 Å². The van der Waals surface area contributed by atoms with E-state index in [1.165, 1.54) is 0 Å². The Bertz CT molecular complexity index is 693. The van der Waals surface area contributed by atoms with Gasteiger partial charge >= 0.3 is 0 Å². The summed E-state index contributed by atoms with van der Waals surface area (Å²) in [5.74, 6) is 1.14. The molecule has 1 aromatic carbocycles. The van der Waals surface area contributed by atoms with E-state index in [9.17, 15) is 4.79 Å². The van der Waals surface area contributed by atoms with E-state index in [-0.39, 0.29) is 5.91 Å². The van der Waals surface area contributed by atoms with E-state index in [4.69, 9.17) is 0 Å². The zero-order valence-corrected chi connectivity index (χ0v) is 15.8. The SMILES string of the molecule is CCSc1ccccc1C(=O)N1CCN(Cc2nc(C)cs2)CC1. The predicted octanol–water partition coefficient (Wildman–Crippen LogP) is 3.52. The lowest BCUT2D eigenvalue weighted by molar-refractivity contribution is 0.0625. The molecule has 0 saturated carbocycles. The highest BCUT2D eigenvalue weighted by molar-refractivity contribution is 7.99. The summed E-state index contributed by atoms with van der Waals surface area (Å²) >= 11 is 3.45. The minimum absolute atomic E-state index is 0.163. The molecule has 1 aliphatic heterocycles. The molecule has 2 aromatic rings. The van der Waals surface area contributed by atoms with Gasteiger partial charge in [-0.25, -0.2) is 4.98 Å². The molecule has 0 aliphatic carbocycles. The van der Waals surface area contributed by atoms with Crippen LogP contribution in [0.5, 0.6) is 0 Å². The lowest BCUT2D eigenvalue weighted by Gasteiger charge is -2.34. The zero-order valence-electron chi connectivity index (χ0n) is 14.2. The molecule has 3 rings (SSSR count). The molecule has 1 aliphatic rings. The quantitative estimate of drug-likeness (QED) is 0.764. The van der Waals surface area contributed by atoms with E-state index in [1.807, 2.05) is 36.1 Å². The summed E-state index contributed by atoms with van der Waals surface area (Å²) < 4.78 is 0. The third kappa shape index (κ3) is 4.18. The first-order chi connectivity index (χ1) is 11.7. The van der Waals surface area contributed by atoms with Gasteiger partial charge in [0.25, 0.3) is 5.91 Å². The topological polar surface area (TPSA) is 36.4 Å². The summed E-state index contributed by atoms with van der Waals surface area (Å²) in [5.41, 5.74) is 1.93. The van der Waals surface area contributed by atoms with Crippen molar-refractivity contribution in [1.29, 1.82) is 0 Å². The van der Waals surface area contributed by atoms with Crippen molar-refractivity contribution in [3.8, 4) is 0 Å². The highest BCUT2D eigenvalue weighted by Gasteiger charge is 2.24. The minimum atomic E-state index is 0.163. The van der Waals surface area contributed by atoms with Gasteiger partial charge in [-0.2, -0.15) is 0 Å². The Morgan fingerprint density at radius 1 is 1.25 bits per heavy atom. The van der Waals surface area contributed by atoms with E-state index >= 15 is 0 Å². The number of piperazine rings is 1. The molecule has 24 heavy (non-hydrogen) atoms. The van der Waals surface area contributed by atoms with Crippen molar-refractivity contribution in [3.63, 3.8) is 0 Å². The smallest absolute Gasteiger partial charge is 0.255 e. The van der Waals surface area contributed by atoms with Crippen LogP contribution in [0.4, 0.5) is 0 Å². The number of aryl methyl sites for hydroxylation is 1. The predicted molar refractivity (Wildman–Crippen MR) is 101 cm³/mol. The molecule has 1 fully saturated rings. The van der Waals surface area contributed by atoms with E-state index in [1.54, 1.807) is 23.1 Å². The zero-order chi connectivity index (χ0) is 16.9. The van der Waals surface area contributed by atoms with Crippen molar-refractivity contribution in [2.24, 2.45) is 0 Å². The average molecular weight is 362 g/mol. The molecule has 2 heterocycles. The van der Waals surface area contributed by atoms with E-state index in [0.29, 0.717) is 0 Å². The third-order valence-corrected chi connectivity index (χ3v) is 6.01. The van der Waals surface area contributed by atoms with Gasteiger partial charge in [-0.3, -0.25) is 9.69 Å². The first-order valence-corrected chi connectivity index (χ1v) is 10.2. The second kappa shape index (κ2) is 8.14. The van der Waals surface area contributed by atoms with Crippen LogP contribution in [0.3, 0.4) is 0 Å². The first kappa shape index (κ1) is 17.5. The monoisotopic (exact) mass is 361 g/mol. The Balaban J connectivity index is 1.59. The van der Waals surface area contributed by atoms with Gasteiger partial charge in [-0.15, -0.1) is 23.1 Å². The molecule has 0 spiro atoms. The number of hydrogen-bond donors (Lipinski definition) is 0. The van der Waals surface area contributed by atoms with Crippen LogP contribution in [0.1, 0.15) is 28.0 Å². The van der Waals surface area contributed by atoms with Crippen molar-refractivity contribution in [1.82, 2.24) is 14.8 Å². The summed E-state index contributed by atoms with van der Waals surface area (Å²) in [5, 5.41) is 3.26. The number of carbonyl (C=O) groups excluding carboxylic acids is 1. The molecule has 1 saturated heterocycles. The van der Waals surface area contributed by atoms with Gasteiger partial charge < -0.3 is 4.90 Å². The lowest BCUT2D eigenvalue weighted by atomic mass is 10.2. The van der Waals surface area contributed by atoms with Crippen LogP contribution in [0.2, 0.25) is 0 Å². The Hall–Kier alpha value is -1.37. The molecule has 4 nitrogen and oxygen atoms in total. The Kier molecular flexibility index (Phi) is 5.92. The Morgan fingerprint density at radius 2 is 2.00 bits per heavy atom. The second-order valence-corrected chi connectivity index (χ2v) is 8.13. The average Bonchev–Trinajstić information content (AvgIpc) is 3.01. The summed E-state index contributed by atoms with van der Waals surface area (Å²) in [4.78, 5) is 22.8. The molecular formula is C18H23N3OS2. The molecule has 0 bridgehead atoms. The van der Waals surface area contributed by atoms with Gasteiger partial charge in [0.1, 0.15) is 5.01 Å². The van der Waals surface area contributed by atoms with Gasteiger partial charge in [0.2, 0.25) is 0 Å². The first-order valence-electron chi connectivity index (χ1n) is 8.32. The number of hydrogen-bond acceptors (Lipinski definition) is 5. The van der Waals surface area contributed by atoms with Crippen LogP contribution in [0.15, 0.2) is 34.5 Å². The number of thiazole rings is 1. The highest BCUT2D eigenvalue weighted by Crippen LogP contribution is 2.24. The summed E-state index contributed by atoms with van der Waals surface area (Å²) in [7, 11) is 0. The summed E-state index contributed by atoms with van der Waals surface area (Å²) in [6, 6.07) is 7.95. The second-order valence-electron chi connectivity index (χ2n) is 5.88. The molecule has 0 atom stereocenters. The van der Waals surface area contributed by atoms with Crippen LogP contribution < -0.4 is 0 Å². The minimum Gasteiger partial charge on any atom is -0.336 e. The Morgan fingerprint density at radius 3 is 2.67 bits per heavy atom. The number of aromatic nitrogens is 1. The molecule has 0 unspecified atom stereocenters. The van der Waals surface area contributed by atoms with Gasteiger partial charge in [-0.1, -0.05) is 19.1 Å². The highest BCUT2D eigenvalue weighted by atomic mass is 32.2. The molecule has 0 radical (unpaired) electrons. The number of nitrogens with zero attached hydrogens (tertiary/aromatic N) is 3. The van der Waals surface area contributed by atoms with Crippen LogP contribution >= 0.6 is 23.1 Å². The van der Waals surface area contributed by atoms with Crippen molar-refractivity contribution < 1.29 is 4.79 Å². The summed E-state index contributed by atoms with van der Waals surface area (Å²) in [6.07, 6.45) is 0. The number of benzene rings is 1. The maximum atomic E-state index is 12.8. The maximum Gasteiger partial charge on any atom is 0.255 e. The third-order valence-electron chi connectivity index (χ3n) is 4.10. The van der Waals surface area contributed by atoms with Crippen LogP contribution in [0, 0.1) is 6.92 Å². The van der Waals surface area contributed by atoms with Crippen molar-refractivity contribution >= 4 is 29.0 Å². The molecule has 6 heteroatoms. The maximum absolute atomic E-state index is 12.8. The van der Waals surface area contributed by atoms with Crippen LogP contribution in [-0.2, 0) is 6.54 Å². The van der Waals surface area contributed by atoms with E-state index in [0.717, 1.165) is 59.6 Å². The molecular weight excluding hydrogens is 338 g/mol. The molecule has 1 amide bonds. The van der Waals surface area contributed by atoms with Gasteiger partial charge in [0.05, 0.1) is 12.1 Å². The molecule has 0 N–H and O–H groups in total. The van der Waals surface area contributed by atoms with E-state index < -0.39 is 0 Å².